The van der Waals surface area contributed by atoms with Gasteiger partial charge < -0.3 is 0 Å². The highest BCUT2D eigenvalue weighted by Crippen LogP contribution is 2.52. The molecule has 0 bridgehead atoms. The van der Waals surface area contributed by atoms with Crippen LogP contribution in [0.2, 0.25) is 0 Å². The molecule has 2 aromatic heterocycles. The molecule has 1 aliphatic carbocycles. The van der Waals surface area contributed by atoms with Crippen molar-refractivity contribution in [3.63, 3.8) is 0 Å². The van der Waals surface area contributed by atoms with Crippen molar-refractivity contribution >= 4 is 0 Å². The number of fused-ring (bicyclic) bond motifs is 3. The zero-order valence-electron chi connectivity index (χ0n) is 21.8. The minimum Gasteiger partial charge on any atom is -0.253 e. The molecule has 0 atom stereocenters. The molecular weight excluding hydrogens is 476 g/mol. The Bertz CT molecular complexity index is 1750. The molecule has 0 spiro atoms. The summed E-state index contributed by atoms with van der Waals surface area (Å²) < 4.78 is 0. The molecule has 0 saturated carbocycles. The molecule has 4 aromatic carbocycles. The van der Waals surface area contributed by atoms with Crippen LogP contribution in [0.1, 0.15) is 25.0 Å². The van der Waals surface area contributed by atoms with E-state index in [1.807, 2.05) is 66.9 Å². The van der Waals surface area contributed by atoms with Gasteiger partial charge in [0.2, 0.25) is 0 Å². The molecule has 7 rings (SSSR count). The highest BCUT2D eigenvalue weighted by Gasteiger charge is 2.39. The second-order valence-corrected chi connectivity index (χ2v) is 10.4. The third-order valence-electron chi connectivity index (χ3n) is 7.58. The largest absolute Gasteiger partial charge is 0.253 e. The minimum absolute atomic E-state index is 0.286. The van der Waals surface area contributed by atoms with Gasteiger partial charge in [-0.1, -0.05) is 117 Å². The summed E-state index contributed by atoms with van der Waals surface area (Å²) in [5.74, 6) is 1.86. The number of hydrogen-bond acceptors (Lipinski definition) is 4. The van der Waals surface area contributed by atoms with Gasteiger partial charge in [0.15, 0.2) is 17.5 Å². The zero-order chi connectivity index (χ0) is 26.4. The van der Waals surface area contributed by atoms with E-state index in [2.05, 4.69) is 68.4 Å². The fourth-order valence-electron chi connectivity index (χ4n) is 5.64. The summed E-state index contributed by atoms with van der Waals surface area (Å²) in [6, 6.07) is 39.6. The van der Waals surface area contributed by atoms with Crippen LogP contribution in [0.3, 0.4) is 0 Å². The molecule has 2 heterocycles. The lowest BCUT2D eigenvalue weighted by Gasteiger charge is -2.24. The van der Waals surface area contributed by atoms with Crippen LogP contribution in [-0.4, -0.2) is 19.9 Å². The molecule has 0 amide bonds. The Kier molecular flexibility index (Phi) is 5.41. The molecule has 4 nitrogen and oxygen atoms in total. The summed E-state index contributed by atoms with van der Waals surface area (Å²) in [7, 11) is 0. The van der Waals surface area contributed by atoms with Crippen LogP contribution < -0.4 is 0 Å². The van der Waals surface area contributed by atoms with E-state index in [-0.39, 0.29) is 5.41 Å². The Morgan fingerprint density at radius 2 is 1.03 bits per heavy atom. The zero-order valence-corrected chi connectivity index (χ0v) is 21.8. The first-order valence-electron chi connectivity index (χ1n) is 13.2. The SMILES string of the molecule is CC1(C)c2cc(-c3ccccc3)ccc2-c2ccnc(-c3nc(-c4ccccc4)nc(-c4ccccc4)n3)c21. The van der Waals surface area contributed by atoms with Crippen LogP contribution in [0, 0.1) is 0 Å². The van der Waals surface area contributed by atoms with Crippen molar-refractivity contribution in [3.05, 3.63) is 133 Å². The fraction of sp³-hybridized carbons (Fsp3) is 0.0857. The summed E-state index contributed by atoms with van der Waals surface area (Å²) in [6.07, 6.45) is 1.87. The second kappa shape index (κ2) is 9.10. The standard InChI is InChI=1S/C35H26N4/c1-35(2)29-22-26(23-12-6-3-7-13-23)18-19-27(29)28-20-21-36-31(30(28)35)34-38-32(24-14-8-4-9-15-24)37-33(39-34)25-16-10-5-11-17-25/h3-22H,1-2H3. The lowest BCUT2D eigenvalue weighted by atomic mass is 9.80. The first-order chi connectivity index (χ1) is 19.1. The third-order valence-corrected chi connectivity index (χ3v) is 7.58. The van der Waals surface area contributed by atoms with Crippen molar-refractivity contribution in [2.75, 3.05) is 0 Å². The number of hydrogen-bond donors (Lipinski definition) is 0. The van der Waals surface area contributed by atoms with E-state index in [4.69, 9.17) is 19.9 Å². The molecule has 1 aliphatic rings. The molecule has 39 heavy (non-hydrogen) atoms. The molecule has 0 unspecified atom stereocenters. The molecule has 6 aromatic rings. The van der Waals surface area contributed by atoms with Crippen molar-refractivity contribution in [3.8, 4) is 56.5 Å². The van der Waals surface area contributed by atoms with Gasteiger partial charge in [0.05, 0.1) is 0 Å². The second-order valence-electron chi connectivity index (χ2n) is 10.4. The van der Waals surface area contributed by atoms with E-state index in [0.29, 0.717) is 17.5 Å². The summed E-state index contributed by atoms with van der Waals surface area (Å²) in [6.45, 7) is 4.55. The molecule has 0 saturated heterocycles. The van der Waals surface area contributed by atoms with Crippen LogP contribution in [0.4, 0.5) is 0 Å². The van der Waals surface area contributed by atoms with E-state index in [1.54, 1.807) is 0 Å². The maximum Gasteiger partial charge on any atom is 0.182 e. The van der Waals surface area contributed by atoms with Gasteiger partial charge in [-0.05, 0) is 45.5 Å². The Morgan fingerprint density at radius 3 is 1.62 bits per heavy atom. The van der Waals surface area contributed by atoms with Crippen molar-refractivity contribution in [1.82, 2.24) is 19.9 Å². The predicted octanol–water partition coefficient (Wildman–Crippen LogP) is 8.24. The Balaban J connectivity index is 1.43. The lowest BCUT2D eigenvalue weighted by molar-refractivity contribution is 0.658. The van der Waals surface area contributed by atoms with Crippen LogP contribution in [0.5, 0.6) is 0 Å². The normalized spacial score (nSPS) is 13.1. The van der Waals surface area contributed by atoms with E-state index >= 15 is 0 Å². The Labute approximate surface area is 228 Å². The average Bonchev–Trinajstić information content (AvgIpc) is 3.24. The predicted molar refractivity (Wildman–Crippen MR) is 157 cm³/mol. The Hall–Kier alpha value is -4.96. The third kappa shape index (κ3) is 3.93. The maximum absolute atomic E-state index is 4.99. The van der Waals surface area contributed by atoms with Gasteiger partial charge in [-0.25, -0.2) is 15.0 Å². The van der Waals surface area contributed by atoms with Crippen LogP contribution in [0.25, 0.3) is 56.5 Å². The molecule has 0 radical (unpaired) electrons. The number of benzene rings is 4. The van der Waals surface area contributed by atoms with E-state index in [0.717, 1.165) is 22.4 Å². The fourth-order valence-corrected chi connectivity index (χ4v) is 5.64. The van der Waals surface area contributed by atoms with E-state index in [9.17, 15) is 0 Å². The van der Waals surface area contributed by atoms with Gasteiger partial charge in [0.1, 0.15) is 5.69 Å². The average molecular weight is 503 g/mol. The van der Waals surface area contributed by atoms with Gasteiger partial charge >= 0.3 is 0 Å². The Morgan fingerprint density at radius 1 is 0.487 bits per heavy atom. The van der Waals surface area contributed by atoms with Crippen LogP contribution in [-0.2, 0) is 5.41 Å². The minimum atomic E-state index is -0.286. The monoisotopic (exact) mass is 502 g/mol. The lowest BCUT2D eigenvalue weighted by Crippen LogP contribution is -2.17. The molecule has 186 valence electrons. The molecule has 0 aliphatic heterocycles. The number of pyridine rings is 1. The number of rotatable bonds is 4. The maximum atomic E-state index is 4.99. The highest BCUT2D eigenvalue weighted by molar-refractivity contribution is 5.87. The van der Waals surface area contributed by atoms with E-state index in [1.165, 1.54) is 27.8 Å². The van der Waals surface area contributed by atoms with Crippen molar-refractivity contribution in [2.24, 2.45) is 0 Å². The van der Waals surface area contributed by atoms with Crippen LogP contribution >= 0.6 is 0 Å². The number of nitrogens with zero attached hydrogens (tertiary/aromatic N) is 4. The summed E-state index contributed by atoms with van der Waals surface area (Å²) in [5.41, 5.74) is 9.68. The molecule has 4 heteroatoms. The summed E-state index contributed by atoms with van der Waals surface area (Å²) in [5, 5.41) is 0. The van der Waals surface area contributed by atoms with Crippen LogP contribution in [0.15, 0.2) is 121 Å². The molecular formula is C35H26N4. The molecule has 0 fully saturated rings. The van der Waals surface area contributed by atoms with Gasteiger partial charge in [-0.15, -0.1) is 0 Å². The summed E-state index contributed by atoms with van der Waals surface area (Å²) >= 11 is 0. The molecule has 0 N–H and O–H groups in total. The quantitative estimate of drug-likeness (QED) is 0.244. The van der Waals surface area contributed by atoms with Gasteiger partial charge in [-0.2, -0.15) is 0 Å². The van der Waals surface area contributed by atoms with Crippen molar-refractivity contribution < 1.29 is 0 Å². The highest BCUT2D eigenvalue weighted by atomic mass is 15.0. The first kappa shape index (κ1) is 23.2. The van der Waals surface area contributed by atoms with Gasteiger partial charge in [-0.3, -0.25) is 4.98 Å². The number of aromatic nitrogens is 4. The van der Waals surface area contributed by atoms with Crippen molar-refractivity contribution in [1.29, 1.82) is 0 Å². The summed E-state index contributed by atoms with van der Waals surface area (Å²) in [4.78, 5) is 19.7. The topological polar surface area (TPSA) is 51.6 Å². The van der Waals surface area contributed by atoms with Gasteiger partial charge in [0, 0.05) is 22.7 Å². The smallest absolute Gasteiger partial charge is 0.182 e. The van der Waals surface area contributed by atoms with E-state index < -0.39 is 0 Å². The van der Waals surface area contributed by atoms with Crippen molar-refractivity contribution in [2.45, 2.75) is 19.3 Å². The van der Waals surface area contributed by atoms with Gasteiger partial charge in [0.25, 0.3) is 0 Å². The first-order valence-corrected chi connectivity index (χ1v) is 13.2.